The number of methoxy groups -OCH3 is 3. The molecule has 0 aliphatic carbocycles. The average molecular weight is 455 g/mol. The van der Waals surface area contributed by atoms with Crippen molar-refractivity contribution in [2.45, 2.75) is 0 Å². The van der Waals surface area contributed by atoms with E-state index in [1.807, 2.05) is 72.8 Å². The number of H-pyrrole nitrogens is 1. The molecule has 0 saturated heterocycles. The Balaban J connectivity index is 1.46. The number of aromatic nitrogens is 1. The normalized spacial score (nSPS) is 11.3. The van der Waals surface area contributed by atoms with Gasteiger partial charge in [-0.2, -0.15) is 0 Å². The van der Waals surface area contributed by atoms with Crippen molar-refractivity contribution in [3.8, 4) is 17.2 Å². The third-order valence-electron chi connectivity index (χ3n) is 5.38. The lowest BCUT2D eigenvalue weighted by Crippen LogP contribution is -1.95. The smallest absolute Gasteiger partial charge is 0.203 e. The highest BCUT2D eigenvalue weighted by Gasteiger charge is 2.12. The molecule has 0 spiro atoms. The molecule has 1 heterocycles. The third kappa shape index (κ3) is 4.96. The highest BCUT2D eigenvalue weighted by Crippen LogP contribution is 2.38. The molecule has 0 aliphatic rings. The maximum absolute atomic E-state index is 12.6. The van der Waals surface area contributed by atoms with Gasteiger partial charge < -0.3 is 24.5 Å². The quantitative estimate of drug-likeness (QED) is 0.180. The van der Waals surface area contributed by atoms with Crippen LogP contribution in [0.1, 0.15) is 21.5 Å². The molecule has 3 aromatic carbocycles. The number of allylic oxidation sites excluding steroid dienone is 1. The van der Waals surface area contributed by atoms with Gasteiger partial charge in [-0.15, -0.1) is 0 Å². The number of anilines is 1. The van der Waals surface area contributed by atoms with Crippen molar-refractivity contribution in [2.24, 2.45) is 0 Å². The number of ketones is 1. The number of carbonyl (C=O) groups is 1. The second kappa shape index (κ2) is 10.4. The Morgan fingerprint density at radius 1 is 0.853 bits per heavy atom. The Bertz CT molecular complexity index is 1340. The summed E-state index contributed by atoms with van der Waals surface area (Å²) in [6.45, 7) is 0. The van der Waals surface area contributed by atoms with Gasteiger partial charge in [0.25, 0.3) is 0 Å². The van der Waals surface area contributed by atoms with Crippen LogP contribution in [0.25, 0.3) is 23.1 Å². The van der Waals surface area contributed by atoms with Crippen LogP contribution in [0.2, 0.25) is 0 Å². The number of carbonyl (C=O) groups excluding carboxylic acids is 1. The van der Waals surface area contributed by atoms with Crippen molar-refractivity contribution >= 4 is 34.5 Å². The lowest BCUT2D eigenvalue weighted by molar-refractivity contribution is 0.104. The molecule has 34 heavy (non-hydrogen) atoms. The second-order valence-electron chi connectivity index (χ2n) is 7.51. The molecule has 4 aromatic rings. The first-order valence-corrected chi connectivity index (χ1v) is 10.7. The zero-order valence-electron chi connectivity index (χ0n) is 19.3. The fourth-order valence-electron chi connectivity index (χ4n) is 3.70. The summed E-state index contributed by atoms with van der Waals surface area (Å²) in [5.41, 5.74) is 4.37. The Morgan fingerprint density at radius 3 is 2.32 bits per heavy atom. The largest absolute Gasteiger partial charge is 0.493 e. The standard InChI is InChI=1S/C28H26N2O4/c1-32-26-16-20(17-27(33-2)28(26)34-3)12-11-19-7-6-8-21(15-19)29-14-13-25(31)23-18-30-24-10-5-4-9-22(23)24/h4-18,29-30H,1-3H3/b12-11-,14-13-. The SMILES string of the molecule is COc1cc(/C=C\c2cccc(N/C=C\C(=O)c3c[nH]c4ccccc34)c2)cc(OC)c1OC. The molecule has 0 radical (unpaired) electrons. The van der Waals surface area contributed by atoms with Crippen molar-refractivity contribution in [1.29, 1.82) is 0 Å². The molecule has 0 amide bonds. The number of hydrogen-bond donors (Lipinski definition) is 2. The summed E-state index contributed by atoms with van der Waals surface area (Å²) in [7, 11) is 4.77. The maximum atomic E-state index is 12.6. The van der Waals surface area contributed by atoms with Gasteiger partial charge in [-0.3, -0.25) is 4.79 Å². The molecule has 172 valence electrons. The van der Waals surface area contributed by atoms with Crippen molar-refractivity contribution < 1.29 is 19.0 Å². The number of aromatic amines is 1. The summed E-state index contributed by atoms with van der Waals surface area (Å²) in [5.74, 6) is 1.69. The van der Waals surface area contributed by atoms with Crippen LogP contribution in [0.15, 0.2) is 79.1 Å². The van der Waals surface area contributed by atoms with Crippen LogP contribution in [0, 0.1) is 0 Å². The van der Waals surface area contributed by atoms with Crippen molar-refractivity contribution in [1.82, 2.24) is 4.98 Å². The molecule has 0 fully saturated rings. The van der Waals surface area contributed by atoms with Gasteiger partial charge in [-0.05, 0) is 41.5 Å². The monoisotopic (exact) mass is 454 g/mol. The van der Waals surface area contributed by atoms with E-state index in [0.29, 0.717) is 22.8 Å². The van der Waals surface area contributed by atoms with Gasteiger partial charge in [0.1, 0.15) is 0 Å². The predicted octanol–water partition coefficient (Wildman–Crippen LogP) is 6.17. The van der Waals surface area contributed by atoms with E-state index in [2.05, 4.69) is 10.3 Å². The minimum atomic E-state index is -0.0663. The van der Waals surface area contributed by atoms with E-state index in [1.54, 1.807) is 33.7 Å². The van der Waals surface area contributed by atoms with Crippen LogP contribution in [0.5, 0.6) is 17.2 Å². The van der Waals surface area contributed by atoms with Crippen LogP contribution in [-0.4, -0.2) is 32.1 Å². The first kappa shape index (κ1) is 22.7. The van der Waals surface area contributed by atoms with Gasteiger partial charge in [0, 0.05) is 40.6 Å². The minimum absolute atomic E-state index is 0.0663. The van der Waals surface area contributed by atoms with E-state index in [-0.39, 0.29) is 5.78 Å². The molecule has 0 unspecified atom stereocenters. The Morgan fingerprint density at radius 2 is 1.59 bits per heavy atom. The molecule has 6 heteroatoms. The predicted molar refractivity (Wildman–Crippen MR) is 137 cm³/mol. The van der Waals surface area contributed by atoms with E-state index in [4.69, 9.17) is 14.2 Å². The van der Waals surface area contributed by atoms with Crippen LogP contribution in [0.3, 0.4) is 0 Å². The van der Waals surface area contributed by atoms with Crippen molar-refractivity contribution in [3.63, 3.8) is 0 Å². The summed E-state index contributed by atoms with van der Waals surface area (Å²) < 4.78 is 16.2. The second-order valence-corrected chi connectivity index (χ2v) is 7.51. The van der Waals surface area contributed by atoms with Gasteiger partial charge in [0.05, 0.1) is 21.3 Å². The summed E-state index contributed by atoms with van der Waals surface area (Å²) in [5, 5.41) is 4.09. The number of hydrogen-bond acceptors (Lipinski definition) is 5. The Labute approximate surface area is 198 Å². The highest BCUT2D eigenvalue weighted by molar-refractivity contribution is 6.13. The molecule has 0 bridgehead atoms. The van der Waals surface area contributed by atoms with Crippen LogP contribution < -0.4 is 19.5 Å². The van der Waals surface area contributed by atoms with E-state index < -0.39 is 0 Å². The lowest BCUT2D eigenvalue weighted by atomic mass is 10.1. The highest BCUT2D eigenvalue weighted by atomic mass is 16.5. The van der Waals surface area contributed by atoms with Gasteiger partial charge in [0.2, 0.25) is 5.75 Å². The molecule has 2 N–H and O–H groups in total. The van der Waals surface area contributed by atoms with Crippen molar-refractivity contribution in [3.05, 3.63) is 95.8 Å². The molecule has 0 atom stereocenters. The topological polar surface area (TPSA) is 72.6 Å². The maximum Gasteiger partial charge on any atom is 0.203 e. The molecule has 0 saturated carbocycles. The Kier molecular flexibility index (Phi) is 6.98. The van der Waals surface area contributed by atoms with Crippen LogP contribution >= 0.6 is 0 Å². The van der Waals surface area contributed by atoms with Gasteiger partial charge in [0.15, 0.2) is 17.3 Å². The molecule has 0 aliphatic heterocycles. The Hall–Kier alpha value is -4.45. The van der Waals surface area contributed by atoms with Gasteiger partial charge >= 0.3 is 0 Å². The number of ether oxygens (including phenoxy) is 3. The molecule has 6 nitrogen and oxygen atoms in total. The van der Waals surface area contributed by atoms with E-state index in [1.165, 1.54) is 6.08 Å². The van der Waals surface area contributed by atoms with Gasteiger partial charge in [-0.25, -0.2) is 0 Å². The lowest BCUT2D eigenvalue weighted by Gasteiger charge is -2.12. The van der Waals surface area contributed by atoms with Crippen LogP contribution in [-0.2, 0) is 0 Å². The molecule has 4 rings (SSSR count). The first-order valence-electron chi connectivity index (χ1n) is 10.7. The van der Waals surface area contributed by atoms with Crippen LogP contribution in [0.4, 0.5) is 5.69 Å². The molecular weight excluding hydrogens is 428 g/mol. The summed E-state index contributed by atoms with van der Waals surface area (Å²) in [4.78, 5) is 15.7. The average Bonchev–Trinajstić information content (AvgIpc) is 3.31. The third-order valence-corrected chi connectivity index (χ3v) is 5.38. The van der Waals surface area contributed by atoms with Crippen molar-refractivity contribution in [2.75, 3.05) is 26.6 Å². The van der Waals surface area contributed by atoms with E-state index >= 15 is 0 Å². The van der Waals surface area contributed by atoms with E-state index in [9.17, 15) is 4.79 Å². The fraction of sp³-hybridized carbons (Fsp3) is 0.107. The summed E-state index contributed by atoms with van der Waals surface area (Å²) >= 11 is 0. The summed E-state index contributed by atoms with van der Waals surface area (Å²) in [6.07, 6.45) is 8.90. The fourth-order valence-corrected chi connectivity index (χ4v) is 3.70. The molecular formula is C28H26N2O4. The number of para-hydroxylation sites is 1. The number of benzene rings is 3. The minimum Gasteiger partial charge on any atom is -0.493 e. The number of rotatable bonds is 9. The zero-order valence-corrected chi connectivity index (χ0v) is 19.3. The summed E-state index contributed by atoms with van der Waals surface area (Å²) in [6, 6.07) is 19.4. The van der Waals surface area contributed by atoms with Gasteiger partial charge in [-0.1, -0.05) is 42.5 Å². The van der Waals surface area contributed by atoms with E-state index in [0.717, 1.165) is 27.7 Å². The first-order chi connectivity index (χ1) is 16.6. The molecule has 1 aromatic heterocycles. The number of nitrogens with one attached hydrogen (secondary N) is 2. The zero-order chi connectivity index (χ0) is 23.9. The number of fused-ring (bicyclic) bond motifs is 1.